The summed E-state index contributed by atoms with van der Waals surface area (Å²) in [5.41, 5.74) is 2.34. The Morgan fingerprint density at radius 2 is 2.28 bits per heavy atom. The van der Waals surface area contributed by atoms with Crippen molar-refractivity contribution in [3.8, 4) is 0 Å². The Labute approximate surface area is 110 Å². The van der Waals surface area contributed by atoms with Crippen LogP contribution in [0.5, 0.6) is 0 Å². The Bertz CT molecular complexity index is 369. The van der Waals surface area contributed by atoms with E-state index in [4.69, 9.17) is 9.15 Å². The Kier molecular flexibility index (Phi) is 6.76. The van der Waals surface area contributed by atoms with Gasteiger partial charge < -0.3 is 14.5 Å². The first-order valence-electron chi connectivity index (χ1n) is 6.64. The van der Waals surface area contributed by atoms with E-state index in [0.29, 0.717) is 13.2 Å². The van der Waals surface area contributed by atoms with E-state index in [1.165, 1.54) is 5.56 Å². The Morgan fingerprint density at radius 3 is 2.94 bits per heavy atom. The molecule has 0 aliphatic carbocycles. The molecule has 0 atom stereocenters. The van der Waals surface area contributed by atoms with Crippen molar-refractivity contribution in [1.82, 2.24) is 5.32 Å². The average molecular weight is 251 g/mol. The van der Waals surface area contributed by atoms with Crippen LogP contribution in [-0.4, -0.2) is 13.2 Å². The molecule has 3 nitrogen and oxygen atoms in total. The number of nitrogens with one attached hydrogen (secondary N) is 1. The standard InChI is InChI=1S/C15H25NO2/c1-5-7-16-10-15-13(4)9-14(18-15)11-17-8-6-12(2)3/h9,16H,2,5-8,10-11H2,1,3-4H3. The van der Waals surface area contributed by atoms with Crippen LogP contribution >= 0.6 is 0 Å². The molecule has 0 aromatic carbocycles. The molecule has 1 rings (SSSR count). The Hall–Kier alpha value is -1.06. The number of hydrogen-bond donors (Lipinski definition) is 1. The van der Waals surface area contributed by atoms with Crippen molar-refractivity contribution in [2.45, 2.75) is 46.8 Å². The molecule has 0 aliphatic rings. The minimum atomic E-state index is 0.544. The van der Waals surface area contributed by atoms with Crippen molar-refractivity contribution in [2.75, 3.05) is 13.2 Å². The highest BCUT2D eigenvalue weighted by Gasteiger charge is 2.07. The molecular weight excluding hydrogens is 226 g/mol. The smallest absolute Gasteiger partial charge is 0.130 e. The second-order valence-corrected chi connectivity index (χ2v) is 4.76. The third-order valence-electron chi connectivity index (χ3n) is 2.70. The molecule has 0 fully saturated rings. The number of ether oxygens (including phenoxy) is 1. The molecule has 0 bridgehead atoms. The van der Waals surface area contributed by atoms with Gasteiger partial charge in [-0.05, 0) is 44.9 Å². The zero-order valence-electron chi connectivity index (χ0n) is 11.8. The summed E-state index contributed by atoms with van der Waals surface area (Å²) in [5, 5.41) is 3.34. The number of hydrogen-bond acceptors (Lipinski definition) is 3. The largest absolute Gasteiger partial charge is 0.462 e. The van der Waals surface area contributed by atoms with Crippen molar-refractivity contribution in [3.63, 3.8) is 0 Å². The van der Waals surface area contributed by atoms with Crippen molar-refractivity contribution >= 4 is 0 Å². The zero-order chi connectivity index (χ0) is 13.4. The summed E-state index contributed by atoms with van der Waals surface area (Å²) in [5.74, 6) is 1.92. The topological polar surface area (TPSA) is 34.4 Å². The van der Waals surface area contributed by atoms with Gasteiger partial charge in [-0.1, -0.05) is 12.5 Å². The van der Waals surface area contributed by atoms with Crippen LogP contribution in [0, 0.1) is 6.92 Å². The molecule has 102 valence electrons. The quantitative estimate of drug-likeness (QED) is 0.538. The van der Waals surface area contributed by atoms with Gasteiger partial charge in [0.15, 0.2) is 0 Å². The summed E-state index contributed by atoms with van der Waals surface area (Å²) < 4.78 is 11.3. The fourth-order valence-electron chi connectivity index (χ4n) is 1.63. The Morgan fingerprint density at radius 1 is 1.50 bits per heavy atom. The van der Waals surface area contributed by atoms with Gasteiger partial charge in [-0.2, -0.15) is 0 Å². The van der Waals surface area contributed by atoms with E-state index < -0.39 is 0 Å². The van der Waals surface area contributed by atoms with Gasteiger partial charge in [0, 0.05) is 0 Å². The van der Waals surface area contributed by atoms with Crippen LogP contribution in [0.2, 0.25) is 0 Å². The molecule has 18 heavy (non-hydrogen) atoms. The normalized spacial score (nSPS) is 10.8. The summed E-state index contributed by atoms with van der Waals surface area (Å²) in [7, 11) is 0. The second kappa shape index (κ2) is 8.11. The summed E-state index contributed by atoms with van der Waals surface area (Å²) in [6.07, 6.45) is 2.04. The fraction of sp³-hybridized carbons (Fsp3) is 0.600. The van der Waals surface area contributed by atoms with E-state index in [1.54, 1.807) is 0 Å². The van der Waals surface area contributed by atoms with Gasteiger partial charge in [0.1, 0.15) is 18.1 Å². The first-order valence-corrected chi connectivity index (χ1v) is 6.64. The van der Waals surface area contributed by atoms with Gasteiger partial charge in [0.25, 0.3) is 0 Å². The second-order valence-electron chi connectivity index (χ2n) is 4.76. The average Bonchev–Trinajstić information content (AvgIpc) is 2.66. The van der Waals surface area contributed by atoms with Crippen LogP contribution in [-0.2, 0) is 17.9 Å². The van der Waals surface area contributed by atoms with Gasteiger partial charge >= 0.3 is 0 Å². The molecular formula is C15H25NO2. The summed E-state index contributed by atoms with van der Waals surface area (Å²) >= 11 is 0. The number of furan rings is 1. The molecule has 1 heterocycles. The first-order chi connectivity index (χ1) is 8.63. The maximum absolute atomic E-state index is 5.76. The van der Waals surface area contributed by atoms with Crippen LogP contribution in [0.1, 0.15) is 43.8 Å². The van der Waals surface area contributed by atoms with E-state index in [9.17, 15) is 0 Å². The lowest BCUT2D eigenvalue weighted by Gasteiger charge is -2.02. The molecule has 0 spiro atoms. The first kappa shape index (κ1) is 15.0. The highest BCUT2D eigenvalue weighted by molar-refractivity contribution is 5.19. The number of rotatable bonds is 9. The van der Waals surface area contributed by atoms with Crippen molar-refractivity contribution in [1.29, 1.82) is 0 Å². The van der Waals surface area contributed by atoms with E-state index >= 15 is 0 Å². The van der Waals surface area contributed by atoms with Crippen LogP contribution in [0.4, 0.5) is 0 Å². The van der Waals surface area contributed by atoms with E-state index in [2.05, 4.69) is 31.8 Å². The fourth-order valence-corrected chi connectivity index (χ4v) is 1.63. The maximum atomic E-state index is 5.76. The molecule has 0 saturated carbocycles. The van der Waals surface area contributed by atoms with Gasteiger partial charge in [0.05, 0.1) is 13.2 Å². The third-order valence-corrected chi connectivity index (χ3v) is 2.70. The monoisotopic (exact) mass is 251 g/mol. The molecule has 1 aromatic heterocycles. The molecule has 0 saturated heterocycles. The molecule has 0 unspecified atom stereocenters. The van der Waals surface area contributed by atoms with E-state index in [0.717, 1.165) is 43.0 Å². The zero-order valence-corrected chi connectivity index (χ0v) is 11.8. The van der Waals surface area contributed by atoms with Crippen LogP contribution in [0.25, 0.3) is 0 Å². The summed E-state index contributed by atoms with van der Waals surface area (Å²) in [6, 6.07) is 2.06. The van der Waals surface area contributed by atoms with Crippen molar-refractivity contribution in [3.05, 3.63) is 35.3 Å². The van der Waals surface area contributed by atoms with Crippen LogP contribution in [0.15, 0.2) is 22.6 Å². The van der Waals surface area contributed by atoms with Crippen molar-refractivity contribution < 1.29 is 9.15 Å². The maximum Gasteiger partial charge on any atom is 0.130 e. The van der Waals surface area contributed by atoms with Gasteiger partial charge in [-0.25, -0.2) is 0 Å². The van der Waals surface area contributed by atoms with E-state index in [1.807, 2.05) is 6.92 Å². The molecule has 1 N–H and O–H groups in total. The lowest BCUT2D eigenvalue weighted by atomic mass is 10.2. The molecule has 1 aromatic rings. The molecule has 3 heteroatoms. The van der Waals surface area contributed by atoms with Crippen LogP contribution < -0.4 is 5.32 Å². The highest BCUT2D eigenvalue weighted by atomic mass is 16.5. The SMILES string of the molecule is C=C(C)CCOCc1cc(C)c(CNCCC)o1. The lowest BCUT2D eigenvalue weighted by molar-refractivity contribution is 0.108. The predicted molar refractivity (Wildman–Crippen MR) is 74.5 cm³/mol. The minimum absolute atomic E-state index is 0.544. The molecule has 0 radical (unpaired) electrons. The predicted octanol–water partition coefficient (Wildman–Crippen LogP) is 3.57. The van der Waals surface area contributed by atoms with E-state index in [-0.39, 0.29) is 0 Å². The van der Waals surface area contributed by atoms with Crippen molar-refractivity contribution in [2.24, 2.45) is 0 Å². The third kappa shape index (κ3) is 5.52. The van der Waals surface area contributed by atoms with Gasteiger partial charge in [-0.3, -0.25) is 0 Å². The number of aryl methyl sites for hydroxylation is 1. The summed E-state index contributed by atoms with van der Waals surface area (Å²) in [4.78, 5) is 0. The molecule has 0 amide bonds. The lowest BCUT2D eigenvalue weighted by Crippen LogP contribution is -2.13. The summed E-state index contributed by atoms with van der Waals surface area (Å²) in [6.45, 7) is 13.2. The molecule has 0 aliphatic heterocycles. The van der Waals surface area contributed by atoms with Crippen LogP contribution in [0.3, 0.4) is 0 Å². The minimum Gasteiger partial charge on any atom is -0.462 e. The van der Waals surface area contributed by atoms with Gasteiger partial charge in [0.2, 0.25) is 0 Å². The Balaban J connectivity index is 2.33. The van der Waals surface area contributed by atoms with Gasteiger partial charge in [-0.15, -0.1) is 6.58 Å². The highest BCUT2D eigenvalue weighted by Crippen LogP contribution is 2.15.